The average molecular weight is 469 g/mol. The Balaban J connectivity index is 2.13. The molecule has 0 saturated carbocycles. The first-order valence-electron chi connectivity index (χ1n) is 9.01. The van der Waals surface area contributed by atoms with Gasteiger partial charge in [0.05, 0.1) is 27.7 Å². The highest BCUT2D eigenvalue weighted by Gasteiger charge is 2.35. The molecule has 0 spiro atoms. The Morgan fingerprint density at radius 2 is 1.77 bits per heavy atom. The van der Waals surface area contributed by atoms with E-state index in [1.54, 1.807) is 54.6 Å². The van der Waals surface area contributed by atoms with Gasteiger partial charge in [-0.2, -0.15) is 5.26 Å². The number of nitrogens with two attached hydrogens (primary N) is 2. The number of amides is 1. The van der Waals surface area contributed by atoms with Gasteiger partial charge in [-0.3, -0.25) is 14.2 Å². The number of fused-ring (bicyclic) bond motifs is 1. The minimum atomic E-state index is -0.887. The molecule has 0 saturated heterocycles. The molecule has 0 aliphatic carbocycles. The van der Waals surface area contributed by atoms with E-state index in [1.807, 2.05) is 6.07 Å². The molecule has 3 aromatic rings. The number of rotatable bonds is 3. The standard InChI is InChI=1S/C22H14Cl2N4O2S/c23-14-7-3-1-5-11(14)9-16-21(30)28-19(26)13(10-25)17(12-6-2-4-8-15(12)24)18(20(27)29)22(28)31-16/h1-9,17H,26H2,(H2,27,29)/b16-9-/t17-/m0/s1. The van der Waals surface area contributed by atoms with Crippen molar-refractivity contribution in [3.8, 4) is 6.07 Å². The molecule has 1 atom stereocenters. The van der Waals surface area contributed by atoms with Crippen LogP contribution in [0.15, 0.2) is 58.9 Å². The van der Waals surface area contributed by atoms with Gasteiger partial charge in [-0.25, -0.2) is 0 Å². The van der Waals surface area contributed by atoms with Gasteiger partial charge in [0.25, 0.3) is 5.56 Å². The highest BCUT2D eigenvalue weighted by Crippen LogP contribution is 2.38. The number of nitriles is 1. The quantitative estimate of drug-likeness (QED) is 0.612. The summed E-state index contributed by atoms with van der Waals surface area (Å²) in [5, 5.41) is 10.7. The SMILES string of the molecule is N#CC1=C(N)n2c(s/c(=C\c3ccccc3Cl)c2=O)=C(C(N)=O)[C@H]1c1ccccc1Cl. The molecule has 4 N–H and O–H groups in total. The Morgan fingerprint density at radius 1 is 1.13 bits per heavy atom. The molecule has 0 unspecified atom stereocenters. The molecule has 9 heteroatoms. The highest BCUT2D eigenvalue weighted by atomic mass is 35.5. The molecule has 0 radical (unpaired) electrons. The first-order chi connectivity index (χ1) is 14.8. The first-order valence-corrected chi connectivity index (χ1v) is 10.6. The Labute approximate surface area is 190 Å². The predicted octanol–water partition coefficient (Wildman–Crippen LogP) is 2.13. The smallest absolute Gasteiger partial charge is 0.274 e. The summed E-state index contributed by atoms with van der Waals surface area (Å²) in [7, 11) is 0. The van der Waals surface area contributed by atoms with E-state index in [9.17, 15) is 14.9 Å². The second-order valence-electron chi connectivity index (χ2n) is 6.72. The molecule has 2 aromatic carbocycles. The average Bonchev–Trinajstić information content (AvgIpc) is 3.05. The third-order valence-corrected chi connectivity index (χ3v) is 6.74. The molecule has 31 heavy (non-hydrogen) atoms. The van der Waals surface area contributed by atoms with Gasteiger partial charge in [0.1, 0.15) is 10.5 Å². The summed E-state index contributed by atoms with van der Waals surface area (Å²) < 4.78 is 1.71. The van der Waals surface area contributed by atoms with Crippen LogP contribution in [0.5, 0.6) is 0 Å². The van der Waals surface area contributed by atoms with Crippen LogP contribution in [-0.2, 0) is 4.79 Å². The van der Waals surface area contributed by atoms with E-state index >= 15 is 0 Å². The van der Waals surface area contributed by atoms with Crippen LogP contribution in [0, 0.1) is 11.3 Å². The molecule has 1 aliphatic heterocycles. The molecule has 0 bridgehead atoms. The fourth-order valence-corrected chi connectivity index (χ4v) is 5.15. The summed E-state index contributed by atoms with van der Waals surface area (Å²) in [5.74, 6) is -1.72. The third kappa shape index (κ3) is 3.45. The van der Waals surface area contributed by atoms with Crippen LogP contribution in [0.2, 0.25) is 10.0 Å². The molecule has 154 valence electrons. The number of thiazole rings is 1. The van der Waals surface area contributed by atoms with Crippen molar-refractivity contribution in [2.75, 3.05) is 0 Å². The zero-order valence-corrected chi connectivity index (χ0v) is 18.1. The number of hydrogen-bond donors (Lipinski definition) is 2. The molecule has 1 amide bonds. The number of halogens is 2. The topological polar surface area (TPSA) is 115 Å². The minimum absolute atomic E-state index is 0.0265. The monoisotopic (exact) mass is 468 g/mol. The summed E-state index contributed by atoms with van der Waals surface area (Å²) in [4.78, 5) is 25.7. The van der Waals surface area contributed by atoms with Crippen LogP contribution >= 0.6 is 34.5 Å². The van der Waals surface area contributed by atoms with E-state index in [0.29, 0.717) is 25.7 Å². The number of carbonyl (C=O) groups excluding carboxylic acids is 1. The van der Waals surface area contributed by atoms with Crippen molar-refractivity contribution in [2.45, 2.75) is 5.92 Å². The Bertz CT molecular complexity index is 1490. The minimum Gasteiger partial charge on any atom is -0.384 e. The van der Waals surface area contributed by atoms with Crippen LogP contribution in [0.25, 0.3) is 17.5 Å². The number of allylic oxidation sites excluding steroid dienone is 1. The summed E-state index contributed by atoms with van der Waals surface area (Å²) >= 11 is 13.6. The normalized spacial score (nSPS) is 16.2. The highest BCUT2D eigenvalue weighted by molar-refractivity contribution is 7.07. The maximum atomic E-state index is 13.2. The van der Waals surface area contributed by atoms with Gasteiger partial charge in [-0.15, -0.1) is 11.3 Å². The van der Waals surface area contributed by atoms with E-state index in [1.165, 1.54) is 0 Å². The van der Waals surface area contributed by atoms with E-state index < -0.39 is 17.4 Å². The van der Waals surface area contributed by atoms with Crippen molar-refractivity contribution < 1.29 is 4.79 Å². The lowest BCUT2D eigenvalue weighted by Crippen LogP contribution is -2.41. The van der Waals surface area contributed by atoms with Crippen LogP contribution in [-0.4, -0.2) is 10.5 Å². The number of nitrogens with zero attached hydrogens (tertiary/aromatic N) is 2. The summed E-state index contributed by atoms with van der Waals surface area (Å²) in [6.45, 7) is 0. The summed E-state index contributed by atoms with van der Waals surface area (Å²) in [6.07, 6.45) is 1.61. The second-order valence-corrected chi connectivity index (χ2v) is 8.57. The summed E-state index contributed by atoms with van der Waals surface area (Å²) in [5.41, 5.74) is 12.8. The maximum Gasteiger partial charge on any atom is 0.274 e. The Hall–Kier alpha value is -3.31. The van der Waals surface area contributed by atoms with Gasteiger partial charge in [0.15, 0.2) is 0 Å². The summed E-state index contributed by atoms with van der Waals surface area (Å²) in [6, 6.07) is 15.9. The fourth-order valence-electron chi connectivity index (χ4n) is 3.54. The molecule has 1 aromatic heterocycles. The molecule has 2 heterocycles. The molecule has 4 rings (SSSR count). The van der Waals surface area contributed by atoms with Gasteiger partial charge in [-0.05, 0) is 29.3 Å². The number of benzene rings is 2. The van der Waals surface area contributed by atoms with Gasteiger partial charge in [0, 0.05) is 10.0 Å². The molecule has 1 aliphatic rings. The Morgan fingerprint density at radius 3 is 2.39 bits per heavy atom. The van der Waals surface area contributed by atoms with E-state index in [4.69, 9.17) is 34.7 Å². The van der Waals surface area contributed by atoms with Gasteiger partial charge in [-0.1, -0.05) is 59.6 Å². The zero-order valence-electron chi connectivity index (χ0n) is 15.8. The van der Waals surface area contributed by atoms with Crippen molar-refractivity contribution in [3.63, 3.8) is 0 Å². The maximum absolute atomic E-state index is 13.2. The lowest BCUT2D eigenvalue weighted by Gasteiger charge is -2.24. The number of carbonyl (C=O) groups is 1. The zero-order chi connectivity index (χ0) is 22.3. The number of primary amides is 1. The van der Waals surface area contributed by atoms with E-state index in [-0.39, 0.29) is 21.6 Å². The molecule has 6 nitrogen and oxygen atoms in total. The van der Waals surface area contributed by atoms with Gasteiger partial charge < -0.3 is 11.5 Å². The van der Waals surface area contributed by atoms with Gasteiger partial charge in [0.2, 0.25) is 5.91 Å². The molecule has 0 fully saturated rings. The van der Waals surface area contributed by atoms with Crippen LogP contribution in [0.4, 0.5) is 0 Å². The van der Waals surface area contributed by atoms with E-state index in [0.717, 1.165) is 15.9 Å². The van der Waals surface area contributed by atoms with Crippen molar-refractivity contribution in [2.24, 2.45) is 11.5 Å². The molecular formula is C22H14Cl2N4O2S. The Kier molecular flexibility index (Phi) is 5.46. The largest absolute Gasteiger partial charge is 0.384 e. The fraction of sp³-hybridized carbons (Fsp3) is 0.0455. The van der Waals surface area contributed by atoms with Crippen molar-refractivity contribution in [3.05, 3.63) is 94.8 Å². The van der Waals surface area contributed by atoms with Crippen LogP contribution in [0.3, 0.4) is 0 Å². The van der Waals surface area contributed by atoms with Crippen LogP contribution < -0.4 is 26.2 Å². The molecular weight excluding hydrogens is 455 g/mol. The lowest BCUT2D eigenvalue weighted by atomic mass is 9.83. The third-order valence-electron chi connectivity index (χ3n) is 4.94. The van der Waals surface area contributed by atoms with E-state index in [2.05, 4.69) is 0 Å². The van der Waals surface area contributed by atoms with Crippen molar-refractivity contribution >= 4 is 57.9 Å². The second kappa shape index (κ2) is 8.08. The predicted molar refractivity (Wildman–Crippen MR) is 123 cm³/mol. The first kappa shape index (κ1) is 20.9. The lowest BCUT2D eigenvalue weighted by molar-refractivity contribution is -0.113. The van der Waals surface area contributed by atoms with Crippen LogP contribution in [0.1, 0.15) is 17.0 Å². The van der Waals surface area contributed by atoms with Gasteiger partial charge >= 0.3 is 0 Å². The van der Waals surface area contributed by atoms with Crippen molar-refractivity contribution in [1.29, 1.82) is 5.26 Å². The van der Waals surface area contributed by atoms with Crippen molar-refractivity contribution in [1.82, 2.24) is 4.57 Å². The number of hydrogen-bond acceptors (Lipinski definition) is 5. The number of aromatic nitrogens is 1.